The Morgan fingerprint density at radius 3 is 2.15 bits per heavy atom. The maximum Gasteiger partial charge on any atom is 0.0184 e. The van der Waals surface area contributed by atoms with Crippen molar-refractivity contribution in [3.63, 3.8) is 0 Å². The van der Waals surface area contributed by atoms with Crippen molar-refractivity contribution in [1.29, 1.82) is 0 Å². The van der Waals surface area contributed by atoms with Gasteiger partial charge in [-0.1, -0.05) is 27.7 Å². The van der Waals surface area contributed by atoms with Gasteiger partial charge in [-0.25, -0.2) is 0 Å². The second-order valence-electron chi connectivity index (χ2n) is 5.60. The van der Waals surface area contributed by atoms with E-state index in [1.807, 2.05) is 0 Å². The van der Waals surface area contributed by atoms with E-state index in [2.05, 4.69) is 44.8 Å². The Hall–Kier alpha value is 0.310. The SMILES string of the molecule is CC1(C)C(NC2CCSC2)C1(C)C. The molecule has 2 heteroatoms. The van der Waals surface area contributed by atoms with Crippen LogP contribution in [0.5, 0.6) is 0 Å². The van der Waals surface area contributed by atoms with Crippen LogP contribution in [0.1, 0.15) is 34.1 Å². The molecule has 1 nitrogen and oxygen atoms in total. The van der Waals surface area contributed by atoms with Crippen LogP contribution in [0.3, 0.4) is 0 Å². The standard InChI is InChI=1S/C11H21NS/c1-10(2)9(11(10,3)4)12-8-5-6-13-7-8/h8-9,12H,5-7H2,1-4H3. The lowest BCUT2D eigenvalue weighted by Crippen LogP contribution is -2.33. The number of nitrogens with one attached hydrogen (secondary N) is 1. The van der Waals surface area contributed by atoms with Gasteiger partial charge in [0, 0.05) is 17.8 Å². The maximum absolute atomic E-state index is 3.81. The highest BCUT2D eigenvalue weighted by molar-refractivity contribution is 7.99. The van der Waals surface area contributed by atoms with E-state index in [9.17, 15) is 0 Å². The minimum absolute atomic E-state index is 0.500. The van der Waals surface area contributed by atoms with Crippen molar-refractivity contribution >= 4 is 11.8 Å². The van der Waals surface area contributed by atoms with Gasteiger partial charge in [0.05, 0.1) is 0 Å². The number of rotatable bonds is 2. The van der Waals surface area contributed by atoms with Gasteiger partial charge in [-0.2, -0.15) is 11.8 Å². The Balaban J connectivity index is 1.90. The molecule has 2 rings (SSSR count). The fraction of sp³-hybridized carbons (Fsp3) is 1.00. The van der Waals surface area contributed by atoms with Crippen molar-refractivity contribution in [2.75, 3.05) is 11.5 Å². The van der Waals surface area contributed by atoms with Crippen LogP contribution in [0.25, 0.3) is 0 Å². The van der Waals surface area contributed by atoms with Crippen molar-refractivity contribution in [3.05, 3.63) is 0 Å². The summed E-state index contributed by atoms with van der Waals surface area (Å²) in [6, 6.07) is 1.53. The summed E-state index contributed by atoms with van der Waals surface area (Å²) in [6.07, 6.45) is 1.37. The van der Waals surface area contributed by atoms with Gasteiger partial charge >= 0.3 is 0 Å². The molecule has 1 aliphatic carbocycles. The first kappa shape index (κ1) is 9.85. The van der Waals surface area contributed by atoms with Crippen molar-refractivity contribution in [1.82, 2.24) is 5.32 Å². The lowest BCUT2D eigenvalue weighted by Gasteiger charge is -2.12. The van der Waals surface area contributed by atoms with E-state index >= 15 is 0 Å². The monoisotopic (exact) mass is 199 g/mol. The van der Waals surface area contributed by atoms with E-state index in [4.69, 9.17) is 0 Å². The molecule has 1 aliphatic heterocycles. The van der Waals surface area contributed by atoms with E-state index in [1.54, 1.807) is 0 Å². The normalized spacial score (nSPS) is 36.5. The second kappa shape index (κ2) is 2.90. The van der Waals surface area contributed by atoms with Crippen LogP contribution in [0.4, 0.5) is 0 Å². The summed E-state index contributed by atoms with van der Waals surface area (Å²) in [5.41, 5.74) is 1.00. The third-order valence-corrected chi connectivity index (χ3v) is 5.52. The van der Waals surface area contributed by atoms with Crippen molar-refractivity contribution in [2.24, 2.45) is 10.8 Å². The van der Waals surface area contributed by atoms with Crippen LogP contribution in [-0.2, 0) is 0 Å². The van der Waals surface area contributed by atoms with Gasteiger partial charge in [-0.3, -0.25) is 0 Å². The number of hydrogen-bond donors (Lipinski definition) is 1. The summed E-state index contributed by atoms with van der Waals surface area (Å²) in [5.74, 6) is 2.67. The largest absolute Gasteiger partial charge is 0.309 e. The van der Waals surface area contributed by atoms with Crippen molar-refractivity contribution in [3.8, 4) is 0 Å². The van der Waals surface area contributed by atoms with Crippen LogP contribution >= 0.6 is 11.8 Å². The molecule has 2 fully saturated rings. The van der Waals surface area contributed by atoms with Gasteiger partial charge in [0.1, 0.15) is 0 Å². The molecular weight excluding hydrogens is 178 g/mol. The molecule has 1 atom stereocenters. The molecule has 0 bridgehead atoms. The third-order valence-electron chi connectivity index (χ3n) is 4.35. The van der Waals surface area contributed by atoms with E-state index in [1.165, 1.54) is 17.9 Å². The minimum Gasteiger partial charge on any atom is -0.309 e. The molecule has 0 aromatic rings. The minimum atomic E-state index is 0.500. The van der Waals surface area contributed by atoms with Gasteiger partial charge in [-0.05, 0) is 23.0 Å². The quantitative estimate of drug-likeness (QED) is 0.733. The molecule has 1 saturated carbocycles. The molecule has 2 aliphatic rings. The zero-order chi connectivity index (χ0) is 9.69. The molecule has 1 heterocycles. The Labute approximate surface area is 86.0 Å². The first-order valence-electron chi connectivity index (χ1n) is 5.30. The summed E-state index contributed by atoms with van der Waals surface area (Å²) >= 11 is 2.09. The molecule has 1 saturated heterocycles. The summed E-state index contributed by atoms with van der Waals surface area (Å²) in [5, 5.41) is 3.81. The van der Waals surface area contributed by atoms with Crippen LogP contribution in [0.2, 0.25) is 0 Å². The molecule has 1 unspecified atom stereocenters. The Kier molecular flexibility index (Phi) is 2.20. The van der Waals surface area contributed by atoms with Gasteiger partial charge in [-0.15, -0.1) is 0 Å². The van der Waals surface area contributed by atoms with Crippen molar-refractivity contribution in [2.45, 2.75) is 46.2 Å². The molecule has 76 valence electrons. The molecule has 1 N–H and O–H groups in total. The molecular formula is C11H21NS. The highest BCUT2D eigenvalue weighted by Crippen LogP contribution is 2.62. The zero-order valence-corrected chi connectivity index (χ0v) is 10.0. The summed E-state index contributed by atoms with van der Waals surface area (Å²) < 4.78 is 0. The second-order valence-corrected chi connectivity index (χ2v) is 6.75. The van der Waals surface area contributed by atoms with Gasteiger partial charge in [0.25, 0.3) is 0 Å². The van der Waals surface area contributed by atoms with Crippen LogP contribution in [0.15, 0.2) is 0 Å². The van der Waals surface area contributed by atoms with Gasteiger partial charge in [0.15, 0.2) is 0 Å². The van der Waals surface area contributed by atoms with E-state index in [-0.39, 0.29) is 0 Å². The van der Waals surface area contributed by atoms with Crippen LogP contribution in [0, 0.1) is 10.8 Å². The highest BCUT2D eigenvalue weighted by atomic mass is 32.2. The van der Waals surface area contributed by atoms with Gasteiger partial charge in [0.2, 0.25) is 0 Å². The fourth-order valence-electron chi connectivity index (χ4n) is 2.51. The van der Waals surface area contributed by atoms with Gasteiger partial charge < -0.3 is 5.32 Å². The Morgan fingerprint density at radius 1 is 1.15 bits per heavy atom. The topological polar surface area (TPSA) is 12.0 Å². The lowest BCUT2D eigenvalue weighted by molar-refractivity contribution is 0.457. The average molecular weight is 199 g/mol. The first-order chi connectivity index (χ1) is 5.96. The average Bonchev–Trinajstić information content (AvgIpc) is 2.44. The Morgan fingerprint density at radius 2 is 1.77 bits per heavy atom. The number of hydrogen-bond acceptors (Lipinski definition) is 2. The lowest BCUT2D eigenvalue weighted by atomic mass is 10.0. The maximum atomic E-state index is 3.81. The molecule has 0 spiro atoms. The highest BCUT2D eigenvalue weighted by Gasteiger charge is 2.64. The van der Waals surface area contributed by atoms with E-state index in [0.29, 0.717) is 10.8 Å². The molecule has 0 radical (unpaired) electrons. The first-order valence-corrected chi connectivity index (χ1v) is 6.45. The zero-order valence-electron chi connectivity index (χ0n) is 9.18. The van der Waals surface area contributed by atoms with Crippen LogP contribution < -0.4 is 5.32 Å². The van der Waals surface area contributed by atoms with Crippen molar-refractivity contribution < 1.29 is 0 Å². The fourth-order valence-corrected chi connectivity index (χ4v) is 3.68. The Bertz CT molecular complexity index is 190. The predicted octanol–water partition coefficient (Wildman–Crippen LogP) is 2.52. The van der Waals surface area contributed by atoms with E-state index < -0.39 is 0 Å². The summed E-state index contributed by atoms with van der Waals surface area (Å²) in [4.78, 5) is 0. The molecule has 0 aromatic carbocycles. The molecule has 13 heavy (non-hydrogen) atoms. The summed E-state index contributed by atoms with van der Waals surface area (Å²) in [7, 11) is 0. The summed E-state index contributed by atoms with van der Waals surface area (Å²) in [6.45, 7) is 9.53. The molecule has 0 aromatic heterocycles. The van der Waals surface area contributed by atoms with E-state index in [0.717, 1.165) is 12.1 Å². The third kappa shape index (κ3) is 1.42. The molecule has 0 amide bonds. The number of thioether (sulfide) groups is 1. The van der Waals surface area contributed by atoms with Crippen LogP contribution in [-0.4, -0.2) is 23.6 Å². The predicted molar refractivity (Wildman–Crippen MR) is 60.2 cm³/mol. The smallest absolute Gasteiger partial charge is 0.0184 e.